The van der Waals surface area contributed by atoms with Gasteiger partial charge in [-0.2, -0.15) is 5.26 Å². The van der Waals surface area contributed by atoms with Crippen LogP contribution in [0.25, 0.3) is 0 Å². The van der Waals surface area contributed by atoms with Crippen molar-refractivity contribution in [2.24, 2.45) is 5.41 Å². The molecule has 1 aromatic carbocycles. The van der Waals surface area contributed by atoms with E-state index in [4.69, 9.17) is 21.3 Å². The molecule has 141 valence electrons. The molecule has 1 saturated carbocycles. The Balaban J connectivity index is 1.95. The molecular weight excluding hydrogens is 364 g/mol. The van der Waals surface area contributed by atoms with Gasteiger partial charge in [0.2, 0.25) is 5.91 Å². The SMILES string of the molecule is C[C@H]1[C@@H](O[Si-](C)(C)C(C)(C)C)C2(CC2)C(=O)N1c1ccc(C#N)c(Cl)c1. The maximum absolute atomic E-state index is 13.3. The molecule has 1 spiro atoms. The third kappa shape index (κ3) is 2.89. The van der Waals surface area contributed by atoms with Crippen LogP contribution in [0.15, 0.2) is 18.2 Å². The third-order valence-corrected chi connectivity index (χ3v) is 11.2. The van der Waals surface area contributed by atoms with Gasteiger partial charge in [0.25, 0.3) is 0 Å². The molecule has 3 rings (SSSR count). The molecule has 1 amide bonds. The highest BCUT2D eigenvalue weighted by Gasteiger charge is 2.65. The van der Waals surface area contributed by atoms with Crippen LogP contribution >= 0.6 is 11.6 Å². The maximum atomic E-state index is 13.3. The number of nitriles is 1. The molecule has 2 fully saturated rings. The average molecular weight is 391 g/mol. The second-order valence-corrected chi connectivity index (χ2v) is 14.3. The van der Waals surface area contributed by atoms with E-state index in [0.717, 1.165) is 18.5 Å². The van der Waals surface area contributed by atoms with E-state index >= 15 is 0 Å². The van der Waals surface area contributed by atoms with Crippen molar-refractivity contribution in [3.8, 4) is 6.07 Å². The fourth-order valence-electron chi connectivity index (χ4n) is 3.58. The minimum Gasteiger partial charge on any atom is -0.560 e. The van der Waals surface area contributed by atoms with Crippen molar-refractivity contribution in [3.05, 3.63) is 28.8 Å². The summed E-state index contributed by atoms with van der Waals surface area (Å²) in [4.78, 5) is 15.1. The Kier molecular flexibility index (Phi) is 4.54. The van der Waals surface area contributed by atoms with Crippen molar-refractivity contribution >= 4 is 31.5 Å². The van der Waals surface area contributed by atoms with E-state index in [1.54, 1.807) is 12.1 Å². The van der Waals surface area contributed by atoms with Crippen LogP contribution in [0.5, 0.6) is 0 Å². The van der Waals surface area contributed by atoms with Crippen molar-refractivity contribution in [1.29, 1.82) is 5.26 Å². The third-order valence-electron chi connectivity index (χ3n) is 6.40. The summed E-state index contributed by atoms with van der Waals surface area (Å²) in [6.45, 7) is 13.2. The maximum Gasteiger partial charge on any atom is 0.236 e. The van der Waals surface area contributed by atoms with Crippen LogP contribution in [0, 0.1) is 16.7 Å². The Labute approximate surface area is 162 Å². The van der Waals surface area contributed by atoms with Gasteiger partial charge in [-0.05, 0) is 46.3 Å². The van der Waals surface area contributed by atoms with Gasteiger partial charge in [0.1, 0.15) is 6.07 Å². The van der Waals surface area contributed by atoms with E-state index in [1.165, 1.54) is 0 Å². The van der Waals surface area contributed by atoms with Gasteiger partial charge in [-0.25, -0.2) is 0 Å². The molecule has 1 aromatic rings. The number of rotatable bonds is 3. The molecule has 0 N–H and O–H groups in total. The lowest BCUT2D eigenvalue weighted by Gasteiger charge is -2.51. The molecule has 0 aromatic heterocycles. The van der Waals surface area contributed by atoms with Crippen molar-refractivity contribution in [1.82, 2.24) is 0 Å². The molecule has 0 bridgehead atoms. The number of halogens is 1. The molecule has 6 heteroatoms. The van der Waals surface area contributed by atoms with Crippen LogP contribution in [0.1, 0.15) is 46.1 Å². The number of carbonyl (C=O) groups excluding carboxylic acids is 1. The predicted octanol–water partition coefficient (Wildman–Crippen LogP) is 5.12. The Morgan fingerprint density at radius 2 is 1.96 bits per heavy atom. The van der Waals surface area contributed by atoms with Gasteiger partial charge >= 0.3 is 0 Å². The highest BCUT2D eigenvalue weighted by Crippen LogP contribution is 2.59. The van der Waals surface area contributed by atoms with Gasteiger partial charge in [0.15, 0.2) is 0 Å². The second-order valence-electron chi connectivity index (χ2n) is 9.15. The predicted molar refractivity (Wildman–Crippen MR) is 107 cm³/mol. The summed E-state index contributed by atoms with van der Waals surface area (Å²) in [5, 5.41) is 9.56. The summed E-state index contributed by atoms with van der Waals surface area (Å²) in [7, 11) is -1.99. The van der Waals surface area contributed by atoms with E-state index in [0.29, 0.717) is 10.6 Å². The van der Waals surface area contributed by atoms with Crippen LogP contribution < -0.4 is 4.90 Å². The lowest BCUT2D eigenvalue weighted by atomic mass is 9.99. The van der Waals surface area contributed by atoms with Gasteiger partial charge in [0, 0.05) is 5.69 Å². The van der Waals surface area contributed by atoms with Crippen LogP contribution in [0.3, 0.4) is 0 Å². The zero-order valence-corrected chi connectivity index (χ0v) is 18.1. The minimum atomic E-state index is -1.99. The first kappa shape index (κ1) is 19.4. The largest absolute Gasteiger partial charge is 0.560 e. The number of carbonyl (C=O) groups is 1. The van der Waals surface area contributed by atoms with Crippen LogP contribution in [-0.4, -0.2) is 26.4 Å². The molecular formula is C20H27ClN2O2Si-. The first-order chi connectivity index (χ1) is 11.9. The smallest absolute Gasteiger partial charge is 0.236 e. The van der Waals surface area contributed by atoms with E-state index in [9.17, 15) is 4.79 Å². The topological polar surface area (TPSA) is 53.3 Å². The Hall–Kier alpha value is -1.35. The van der Waals surface area contributed by atoms with E-state index in [-0.39, 0.29) is 28.5 Å². The molecule has 0 unspecified atom stereocenters. The standard InChI is InChI=1S/C20H27ClN2O2Si/c1-13-17(25-26(5,6)19(2,3)4)20(9-10-20)18(24)23(13)15-8-7-14(12-22)16(21)11-15/h7-8,11,13,17H,9-10H2,1-6H3/q-1/t13-,17+/m0/s1. The Morgan fingerprint density at radius 1 is 1.35 bits per heavy atom. The molecule has 4 nitrogen and oxygen atoms in total. The molecule has 1 aliphatic carbocycles. The number of hydrogen-bond acceptors (Lipinski definition) is 3. The summed E-state index contributed by atoms with van der Waals surface area (Å²) in [5.74, 6) is 0.134. The number of benzene rings is 1. The van der Waals surface area contributed by atoms with Gasteiger partial charge in [-0.3, -0.25) is 4.79 Å². The number of nitrogens with zero attached hydrogens (tertiary/aromatic N) is 2. The van der Waals surface area contributed by atoms with E-state index < -0.39 is 8.32 Å². The highest BCUT2D eigenvalue weighted by molar-refractivity contribution is 6.74. The highest BCUT2D eigenvalue weighted by atomic mass is 35.5. The van der Waals surface area contributed by atoms with Crippen molar-refractivity contribution in [3.63, 3.8) is 0 Å². The van der Waals surface area contributed by atoms with Gasteiger partial charge < -0.3 is 9.33 Å². The molecule has 2 atom stereocenters. The number of amides is 1. The summed E-state index contributed by atoms with van der Waals surface area (Å²) >= 11 is 6.21. The molecule has 0 radical (unpaired) electrons. The first-order valence-electron chi connectivity index (χ1n) is 9.16. The normalized spacial score (nSPS) is 24.8. The zero-order valence-electron chi connectivity index (χ0n) is 16.4. The monoisotopic (exact) mass is 390 g/mol. The number of hydrogen-bond donors (Lipinski definition) is 0. The molecule has 2 aliphatic rings. The van der Waals surface area contributed by atoms with Gasteiger partial charge in [0.05, 0.1) is 28.1 Å². The fraction of sp³-hybridized carbons (Fsp3) is 0.600. The van der Waals surface area contributed by atoms with Gasteiger partial charge in [-0.1, -0.05) is 32.4 Å². The quantitative estimate of drug-likeness (QED) is 0.673. The van der Waals surface area contributed by atoms with Crippen LogP contribution in [0.4, 0.5) is 5.69 Å². The van der Waals surface area contributed by atoms with E-state index in [2.05, 4.69) is 46.9 Å². The van der Waals surface area contributed by atoms with Crippen molar-refractivity contribution < 1.29 is 9.22 Å². The lowest BCUT2D eigenvalue weighted by Crippen LogP contribution is -2.48. The summed E-state index contributed by atoms with van der Waals surface area (Å²) < 4.78 is 6.74. The van der Waals surface area contributed by atoms with Crippen LogP contribution in [0.2, 0.25) is 23.2 Å². The molecule has 1 saturated heterocycles. The van der Waals surface area contributed by atoms with Crippen molar-refractivity contribution in [2.75, 3.05) is 4.90 Å². The fourth-order valence-corrected chi connectivity index (χ4v) is 5.21. The zero-order chi connectivity index (χ0) is 19.5. The summed E-state index contributed by atoms with van der Waals surface area (Å²) in [6, 6.07) is 7.22. The average Bonchev–Trinajstić information content (AvgIpc) is 3.30. The first-order valence-corrected chi connectivity index (χ1v) is 12.4. The Bertz CT molecular complexity index is 790. The van der Waals surface area contributed by atoms with Crippen LogP contribution in [-0.2, 0) is 9.22 Å². The lowest BCUT2D eigenvalue weighted by molar-refractivity contribution is -0.123. The second kappa shape index (κ2) is 6.08. The summed E-state index contributed by atoms with van der Waals surface area (Å²) in [5.41, 5.74) is 0.791. The Morgan fingerprint density at radius 3 is 2.42 bits per heavy atom. The van der Waals surface area contributed by atoms with Gasteiger partial charge in [-0.15, -0.1) is 18.1 Å². The minimum absolute atomic E-state index is 0.0527. The van der Waals surface area contributed by atoms with Crippen molar-refractivity contribution in [2.45, 2.75) is 70.8 Å². The number of anilines is 1. The molecule has 1 aliphatic heterocycles. The van der Waals surface area contributed by atoms with E-state index in [1.807, 2.05) is 11.0 Å². The molecule has 26 heavy (non-hydrogen) atoms. The summed E-state index contributed by atoms with van der Waals surface area (Å²) in [6.07, 6.45) is 1.68. The molecule has 1 heterocycles.